The van der Waals surface area contributed by atoms with Gasteiger partial charge in [0.2, 0.25) is 0 Å². The lowest BCUT2D eigenvalue weighted by atomic mass is 9.93. The molecule has 1 rings (SSSR count). The predicted octanol–water partition coefficient (Wildman–Crippen LogP) is -0.123. The van der Waals surface area contributed by atoms with E-state index in [-0.39, 0.29) is 0 Å². The zero-order valence-corrected chi connectivity index (χ0v) is 10.1. The van der Waals surface area contributed by atoms with Gasteiger partial charge in [0.15, 0.2) is 0 Å². The van der Waals surface area contributed by atoms with E-state index in [0.29, 0.717) is 19.5 Å². The Kier molecular flexibility index (Phi) is 5.76. The van der Waals surface area contributed by atoms with Gasteiger partial charge in [-0.05, 0) is 38.3 Å². The third kappa shape index (κ3) is 3.75. The maximum Gasteiger partial charge on any atom is 0.108 e. The molecule has 16 heavy (non-hydrogen) atoms. The van der Waals surface area contributed by atoms with Gasteiger partial charge in [-0.1, -0.05) is 0 Å². The SMILES string of the molecule is CNC(O)CC1=C(N(N)CCN)CCCC1. The van der Waals surface area contributed by atoms with Gasteiger partial charge in [-0.2, -0.15) is 0 Å². The molecule has 0 amide bonds. The minimum atomic E-state index is -0.477. The first-order chi connectivity index (χ1) is 7.69. The fourth-order valence-corrected chi connectivity index (χ4v) is 2.13. The summed E-state index contributed by atoms with van der Waals surface area (Å²) in [7, 11) is 1.76. The van der Waals surface area contributed by atoms with Crippen LogP contribution in [0, 0.1) is 0 Å². The fourth-order valence-electron chi connectivity index (χ4n) is 2.13. The molecule has 0 saturated carbocycles. The molecule has 0 spiro atoms. The summed E-state index contributed by atoms with van der Waals surface area (Å²) in [5.74, 6) is 5.96. The Bertz CT molecular complexity index is 242. The smallest absolute Gasteiger partial charge is 0.108 e. The van der Waals surface area contributed by atoms with Crippen molar-refractivity contribution in [2.75, 3.05) is 20.1 Å². The molecule has 0 aromatic carbocycles. The van der Waals surface area contributed by atoms with Gasteiger partial charge in [-0.15, -0.1) is 0 Å². The Labute approximate surface area is 97.4 Å². The van der Waals surface area contributed by atoms with Crippen molar-refractivity contribution in [1.29, 1.82) is 0 Å². The Morgan fingerprint density at radius 1 is 1.44 bits per heavy atom. The van der Waals surface area contributed by atoms with E-state index in [2.05, 4.69) is 5.32 Å². The Morgan fingerprint density at radius 2 is 2.12 bits per heavy atom. The number of hydrogen-bond acceptors (Lipinski definition) is 5. The van der Waals surface area contributed by atoms with Crippen LogP contribution in [0.4, 0.5) is 0 Å². The average Bonchev–Trinajstić information content (AvgIpc) is 2.30. The van der Waals surface area contributed by atoms with E-state index < -0.39 is 6.23 Å². The van der Waals surface area contributed by atoms with Crippen LogP contribution in [0.3, 0.4) is 0 Å². The average molecular weight is 228 g/mol. The first-order valence-corrected chi connectivity index (χ1v) is 5.97. The van der Waals surface area contributed by atoms with Crippen molar-refractivity contribution in [1.82, 2.24) is 10.3 Å². The number of nitrogens with two attached hydrogens (primary N) is 2. The second kappa shape index (κ2) is 6.85. The van der Waals surface area contributed by atoms with Gasteiger partial charge in [0.05, 0.1) is 0 Å². The minimum absolute atomic E-state index is 0.477. The minimum Gasteiger partial charge on any atom is -0.378 e. The molecule has 0 saturated heterocycles. The molecule has 0 aliphatic heterocycles. The molecule has 5 nitrogen and oxygen atoms in total. The lowest BCUT2D eigenvalue weighted by molar-refractivity contribution is 0.143. The quantitative estimate of drug-likeness (QED) is 0.289. The van der Waals surface area contributed by atoms with Gasteiger partial charge in [0.25, 0.3) is 0 Å². The Morgan fingerprint density at radius 3 is 2.75 bits per heavy atom. The summed E-state index contributed by atoms with van der Waals surface area (Å²) in [5, 5.41) is 14.2. The molecule has 0 bridgehead atoms. The third-order valence-electron chi connectivity index (χ3n) is 3.04. The summed E-state index contributed by atoms with van der Waals surface area (Å²) >= 11 is 0. The Balaban J connectivity index is 2.70. The van der Waals surface area contributed by atoms with E-state index in [9.17, 15) is 5.11 Å². The number of nitrogens with zero attached hydrogens (tertiary/aromatic N) is 1. The van der Waals surface area contributed by atoms with Crippen molar-refractivity contribution >= 4 is 0 Å². The maximum absolute atomic E-state index is 9.61. The van der Waals surface area contributed by atoms with Crippen LogP contribution in [0.1, 0.15) is 32.1 Å². The molecule has 0 radical (unpaired) electrons. The van der Waals surface area contributed by atoms with Gasteiger partial charge >= 0.3 is 0 Å². The van der Waals surface area contributed by atoms with E-state index in [4.69, 9.17) is 11.6 Å². The summed E-state index contributed by atoms with van der Waals surface area (Å²) < 4.78 is 0. The van der Waals surface area contributed by atoms with E-state index in [1.54, 1.807) is 12.1 Å². The van der Waals surface area contributed by atoms with Crippen molar-refractivity contribution < 1.29 is 5.11 Å². The molecular weight excluding hydrogens is 204 g/mol. The molecular formula is C11H24N4O. The monoisotopic (exact) mass is 228 g/mol. The van der Waals surface area contributed by atoms with Gasteiger partial charge in [-0.3, -0.25) is 5.32 Å². The number of aliphatic hydroxyl groups excluding tert-OH is 1. The van der Waals surface area contributed by atoms with Crippen LogP contribution in [0.5, 0.6) is 0 Å². The number of allylic oxidation sites excluding steroid dienone is 1. The molecule has 5 heteroatoms. The molecule has 0 fully saturated rings. The van der Waals surface area contributed by atoms with Crippen LogP contribution in [-0.4, -0.2) is 36.5 Å². The highest BCUT2D eigenvalue weighted by Gasteiger charge is 2.18. The molecule has 1 aliphatic carbocycles. The van der Waals surface area contributed by atoms with Crippen LogP contribution in [0.15, 0.2) is 11.3 Å². The second-order valence-electron chi connectivity index (χ2n) is 4.25. The highest BCUT2D eigenvalue weighted by molar-refractivity contribution is 5.16. The molecule has 1 unspecified atom stereocenters. The number of hydrogen-bond donors (Lipinski definition) is 4. The summed E-state index contributed by atoms with van der Waals surface area (Å²) in [6.45, 7) is 1.23. The van der Waals surface area contributed by atoms with E-state index in [0.717, 1.165) is 12.8 Å². The van der Waals surface area contributed by atoms with Crippen LogP contribution >= 0.6 is 0 Å². The van der Waals surface area contributed by atoms with E-state index in [1.807, 2.05) is 0 Å². The predicted molar refractivity (Wildman–Crippen MR) is 65.1 cm³/mol. The molecule has 0 heterocycles. The Hall–Kier alpha value is -0.620. The van der Waals surface area contributed by atoms with Crippen LogP contribution in [0.2, 0.25) is 0 Å². The van der Waals surface area contributed by atoms with E-state index in [1.165, 1.54) is 24.1 Å². The summed E-state index contributed by atoms with van der Waals surface area (Å²) in [4.78, 5) is 0. The zero-order chi connectivity index (χ0) is 12.0. The van der Waals surface area contributed by atoms with Crippen molar-refractivity contribution in [3.05, 3.63) is 11.3 Å². The summed E-state index contributed by atoms with van der Waals surface area (Å²) in [6.07, 6.45) is 4.58. The topological polar surface area (TPSA) is 87.5 Å². The van der Waals surface area contributed by atoms with Crippen LogP contribution < -0.4 is 16.9 Å². The number of aliphatic hydroxyl groups is 1. The molecule has 1 atom stereocenters. The number of nitrogens with one attached hydrogen (secondary N) is 1. The third-order valence-corrected chi connectivity index (χ3v) is 3.04. The van der Waals surface area contributed by atoms with Gasteiger partial charge in [0.1, 0.15) is 6.23 Å². The van der Waals surface area contributed by atoms with Gasteiger partial charge in [0, 0.05) is 25.2 Å². The molecule has 6 N–H and O–H groups in total. The van der Waals surface area contributed by atoms with Crippen molar-refractivity contribution in [2.24, 2.45) is 11.6 Å². The largest absolute Gasteiger partial charge is 0.378 e. The number of hydrazine groups is 1. The lowest BCUT2D eigenvalue weighted by Crippen LogP contribution is -2.37. The first-order valence-electron chi connectivity index (χ1n) is 5.97. The number of rotatable bonds is 6. The van der Waals surface area contributed by atoms with Crippen molar-refractivity contribution in [3.8, 4) is 0 Å². The molecule has 1 aliphatic rings. The highest BCUT2D eigenvalue weighted by atomic mass is 16.3. The zero-order valence-electron chi connectivity index (χ0n) is 10.1. The molecule has 94 valence electrons. The standard InChI is InChI=1S/C11H24N4O/c1-14-11(16)8-9-4-2-3-5-10(9)15(13)7-6-12/h11,14,16H,2-8,12-13H2,1H3. The second-order valence-corrected chi connectivity index (χ2v) is 4.25. The molecule has 0 aromatic rings. The van der Waals surface area contributed by atoms with Crippen molar-refractivity contribution in [3.63, 3.8) is 0 Å². The highest BCUT2D eigenvalue weighted by Crippen LogP contribution is 2.28. The van der Waals surface area contributed by atoms with Crippen LogP contribution in [0.25, 0.3) is 0 Å². The van der Waals surface area contributed by atoms with E-state index >= 15 is 0 Å². The maximum atomic E-state index is 9.61. The summed E-state index contributed by atoms with van der Waals surface area (Å²) in [5.41, 5.74) is 7.94. The summed E-state index contributed by atoms with van der Waals surface area (Å²) in [6, 6.07) is 0. The molecule has 0 aromatic heterocycles. The van der Waals surface area contributed by atoms with Crippen LogP contribution in [-0.2, 0) is 0 Å². The van der Waals surface area contributed by atoms with Gasteiger partial charge in [-0.25, -0.2) is 5.84 Å². The van der Waals surface area contributed by atoms with Crippen molar-refractivity contribution in [2.45, 2.75) is 38.3 Å². The lowest BCUT2D eigenvalue weighted by Gasteiger charge is -2.29. The fraction of sp³-hybridized carbons (Fsp3) is 0.818. The van der Waals surface area contributed by atoms with Gasteiger partial charge < -0.3 is 15.8 Å². The normalized spacial score (nSPS) is 18.8. The first kappa shape index (κ1) is 13.4.